The number of fused-ring (bicyclic) bond motifs is 1. The van der Waals surface area contributed by atoms with Crippen LogP contribution < -0.4 is 5.56 Å². The molecule has 1 aliphatic rings. The number of hydrogen-bond donors (Lipinski definition) is 1. The molecule has 2 aromatic carbocycles. The molecule has 7 heteroatoms. The molecule has 178 valence electrons. The molecule has 2 aromatic heterocycles. The molecule has 1 saturated heterocycles. The first-order valence-corrected chi connectivity index (χ1v) is 12.1. The van der Waals surface area contributed by atoms with E-state index in [1.54, 1.807) is 6.07 Å². The third kappa shape index (κ3) is 4.71. The van der Waals surface area contributed by atoms with Gasteiger partial charge in [-0.1, -0.05) is 48.5 Å². The highest BCUT2D eigenvalue weighted by Crippen LogP contribution is 2.31. The number of aromatic amines is 1. The molecule has 0 radical (unpaired) electrons. The number of likely N-dealkylation sites (tertiary alicyclic amines) is 1. The molecule has 0 spiro atoms. The molecule has 4 aromatic rings. The zero-order valence-corrected chi connectivity index (χ0v) is 20.1. The van der Waals surface area contributed by atoms with E-state index in [0.717, 1.165) is 41.7 Å². The minimum absolute atomic E-state index is 0.0230. The smallest absolute Gasteiger partial charge is 0.272 e. The number of nitrogens with zero attached hydrogens (tertiary/aromatic N) is 4. The van der Waals surface area contributed by atoms with Gasteiger partial charge in [-0.3, -0.25) is 9.59 Å². The number of hydrogen-bond acceptors (Lipinski definition) is 5. The van der Waals surface area contributed by atoms with Gasteiger partial charge in [0.05, 0.1) is 22.7 Å². The lowest BCUT2D eigenvalue weighted by molar-refractivity contribution is -0.133. The van der Waals surface area contributed by atoms with Crippen molar-refractivity contribution in [2.75, 3.05) is 13.1 Å². The quantitative estimate of drug-likeness (QED) is 0.477. The summed E-state index contributed by atoms with van der Waals surface area (Å²) in [5.41, 5.74) is 3.73. The third-order valence-electron chi connectivity index (χ3n) is 6.88. The minimum atomic E-state index is -0.466. The van der Waals surface area contributed by atoms with Crippen molar-refractivity contribution in [2.45, 2.75) is 44.9 Å². The predicted octanol–water partition coefficient (Wildman–Crippen LogP) is 4.12. The number of rotatable bonds is 5. The lowest BCUT2D eigenvalue weighted by Crippen LogP contribution is -2.42. The topological polar surface area (TPSA) is 91.8 Å². The zero-order chi connectivity index (χ0) is 24.4. The number of carbonyl (C=O) groups is 1. The van der Waals surface area contributed by atoms with Crippen molar-refractivity contribution >= 4 is 16.7 Å². The van der Waals surface area contributed by atoms with Crippen molar-refractivity contribution in [3.05, 3.63) is 99.5 Å². The summed E-state index contributed by atoms with van der Waals surface area (Å²) in [6.45, 7) is 5.10. The summed E-state index contributed by atoms with van der Waals surface area (Å²) in [5, 5.41) is 8.10. The summed E-state index contributed by atoms with van der Waals surface area (Å²) in [5.74, 6) is 0.458. The Morgan fingerprint density at radius 3 is 2.66 bits per heavy atom. The molecule has 1 amide bonds. The van der Waals surface area contributed by atoms with Crippen molar-refractivity contribution in [2.24, 2.45) is 0 Å². The van der Waals surface area contributed by atoms with Gasteiger partial charge in [-0.2, -0.15) is 5.10 Å². The second-order valence-electron chi connectivity index (χ2n) is 9.32. The fourth-order valence-corrected chi connectivity index (χ4v) is 5.08. The van der Waals surface area contributed by atoms with Crippen LogP contribution in [-0.4, -0.2) is 44.1 Å². The lowest BCUT2D eigenvalue weighted by Gasteiger charge is -2.34. The first-order chi connectivity index (χ1) is 17.0. The van der Waals surface area contributed by atoms with Gasteiger partial charge in [0.25, 0.3) is 5.56 Å². The average molecular weight is 468 g/mol. The summed E-state index contributed by atoms with van der Waals surface area (Å²) < 4.78 is 0. The van der Waals surface area contributed by atoms with E-state index >= 15 is 0 Å². The van der Waals surface area contributed by atoms with E-state index in [1.807, 2.05) is 61.3 Å². The molecule has 3 heterocycles. The maximum Gasteiger partial charge on any atom is 0.272 e. The molecule has 2 atom stereocenters. The minimum Gasteiger partial charge on any atom is -0.341 e. The van der Waals surface area contributed by atoms with Crippen molar-refractivity contribution in [1.29, 1.82) is 0 Å². The summed E-state index contributed by atoms with van der Waals surface area (Å²) in [4.78, 5) is 37.0. The van der Waals surface area contributed by atoms with Crippen LogP contribution in [0, 0.1) is 6.92 Å². The molecule has 5 rings (SSSR count). The maximum absolute atomic E-state index is 13.6. The second kappa shape index (κ2) is 9.78. The van der Waals surface area contributed by atoms with Gasteiger partial charge in [0.15, 0.2) is 0 Å². The van der Waals surface area contributed by atoms with E-state index in [2.05, 4.69) is 27.3 Å². The van der Waals surface area contributed by atoms with Crippen molar-refractivity contribution in [3.8, 4) is 0 Å². The van der Waals surface area contributed by atoms with E-state index in [1.165, 1.54) is 5.56 Å². The highest BCUT2D eigenvalue weighted by atomic mass is 16.2. The SMILES string of the molecule is Cc1ncc(Cc2ccccc2)c([C@@H]2CCCN(C(=O)[C@H](C)c3n[nH]c(=O)c4ccccc34)C2)n1. The summed E-state index contributed by atoms with van der Waals surface area (Å²) in [6, 6.07) is 17.6. The van der Waals surface area contributed by atoms with Gasteiger partial charge in [0.1, 0.15) is 5.82 Å². The van der Waals surface area contributed by atoms with Crippen LogP contribution in [0.4, 0.5) is 0 Å². The Morgan fingerprint density at radius 1 is 1.11 bits per heavy atom. The summed E-state index contributed by atoms with van der Waals surface area (Å²) >= 11 is 0. The number of nitrogens with one attached hydrogen (secondary N) is 1. The van der Waals surface area contributed by atoms with E-state index in [0.29, 0.717) is 24.2 Å². The molecule has 7 nitrogen and oxygen atoms in total. The van der Waals surface area contributed by atoms with Crippen LogP contribution in [0.25, 0.3) is 10.8 Å². The van der Waals surface area contributed by atoms with E-state index < -0.39 is 5.92 Å². The monoisotopic (exact) mass is 467 g/mol. The Kier molecular flexibility index (Phi) is 6.40. The Labute approximate surface area is 204 Å². The van der Waals surface area contributed by atoms with Crippen LogP contribution in [-0.2, 0) is 11.2 Å². The Hall–Kier alpha value is -3.87. The fraction of sp³-hybridized carbons (Fsp3) is 0.321. The van der Waals surface area contributed by atoms with Crippen LogP contribution in [0.2, 0.25) is 0 Å². The van der Waals surface area contributed by atoms with Crippen molar-refractivity contribution < 1.29 is 4.79 Å². The summed E-state index contributed by atoms with van der Waals surface area (Å²) in [6.07, 6.45) is 4.60. The predicted molar refractivity (Wildman–Crippen MR) is 135 cm³/mol. The van der Waals surface area contributed by atoms with Crippen molar-refractivity contribution in [3.63, 3.8) is 0 Å². The molecule has 0 aliphatic carbocycles. The highest BCUT2D eigenvalue weighted by molar-refractivity contribution is 5.91. The Morgan fingerprint density at radius 2 is 1.86 bits per heavy atom. The molecule has 0 saturated carbocycles. The van der Waals surface area contributed by atoms with Crippen LogP contribution in [0.1, 0.15) is 59.9 Å². The van der Waals surface area contributed by atoms with Crippen molar-refractivity contribution in [1.82, 2.24) is 25.1 Å². The van der Waals surface area contributed by atoms with Crippen LogP contribution in [0.3, 0.4) is 0 Å². The molecule has 1 N–H and O–H groups in total. The molecular formula is C28H29N5O2. The first-order valence-electron chi connectivity index (χ1n) is 12.1. The van der Waals surface area contributed by atoms with Crippen LogP contribution in [0.5, 0.6) is 0 Å². The van der Waals surface area contributed by atoms with E-state index in [9.17, 15) is 9.59 Å². The molecular weight excluding hydrogens is 438 g/mol. The number of amides is 1. The normalized spacial score (nSPS) is 16.9. The van der Waals surface area contributed by atoms with Gasteiger partial charge in [-0.05, 0) is 43.9 Å². The molecule has 0 unspecified atom stereocenters. The van der Waals surface area contributed by atoms with E-state index in [-0.39, 0.29) is 17.4 Å². The second-order valence-corrected chi connectivity index (χ2v) is 9.32. The number of aryl methyl sites for hydroxylation is 1. The lowest BCUT2D eigenvalue weighted by atomic mass is 9.89. The Balaban J connectivity index is 1.40. The van der Waals surface area contributed by atoms with Gasteiger partial charge >= 0.3 is 0 Å². The van der Waals surface area contributed by atoms with Gasteiger partial charge in [-0.25, -0.2) is 15.1 Å². The summed E-state index contributed by atoms with van der Waals surface area (Å²) in [7, 11) is 0. The number of H-pyrrole nitrogens is 1. The van der Waals surface area contributed by atoms with Crippen LogP contribution >= 0.6 is 0 Å². The highest BCUT2D eigenvalue weighted by Gasteiger charge is 2.31. The van der Waals surface area contributed by atoms with E-state index in [4.69, 9.17) is 4.98 Å². The molecule has 35 heavy (non-hydrogen) atoms. The third-order valence-corrected chi connectivity index (χ3v) is 6.88. The molecule has 1 fully saturated rings. The number of carbonyl (C=O) groups excluding carboxylic acids is 1. The number of piperidine rings is 1. The first kappa shape index (κ1) is 22.9. The largest absolute Gasteiger partial charge is 0.341 e. The standard InChI is InChI=1S/C28H29N5O2/c1-18(25-23-12-6-7-13-24(23)27(34)32-31-25)28(35)33-14-8-11-21(17-33)26-22(16-29-19(2)30-26)15-20-9-4-3-5-10-20/h3-7,9-10,12-13,16,18,21H,8,11,14-15,17H2,1-2H3,(H,32,34)/t18-,21-/m1/s1. The number of benzene rings is 2. The van der Waals surface area contributed by atoms with Crippen LogP contribution in [0.15, 0.2) is 65.6 Å². The zero-order valence-electron chi connectivity index (χ0n) is 20.1. The molecule has 0 bridgehead atoms. The van der Waals surface area contributed by atoms with Gasteiger partial charge < -0.3 is 4.90 Å². The average Bonchev–Trinajstić information content (AvgIpc) is 2.90. The Bertz CT molecular complexity index is 1420. The number of aromatic nitrogens is 4. The molecule has 1 aliphatic heterocycles. The van der Waals surface area contributed by atoms with Gasteiger partial charge in [-0.15, -0.1) is 0 Å². The van der Waals surface area contributed by atoms with Gasteiger partial charge in [0.2, 0.25) is 5.91 Å². The van der Waals surface area contributed by atoms with Gasteiger partial charge in [0, 0.05) is 37.0 Å². The fourth-order valence-electron chi connectivity index (χ4n) is 5.08. The maximum atomic E-state index is 13.6.